The summed E-state index contributed by atoms with van der Waals surface area (Å²) in [5.74, 6) is -0.0550. The van der Waals surface area contributed by atoms with Crippen LogP contribution in [0.15, 0.2) is 22.7 Å². The van der Waals surface area contributed by atoms with Gasteiger partial charge in [0.1, 0.15) is 12.2 Å². The average molecular weight is 256 g/mol. The van der Waals surface area contributed by atoms with Crippen molar-refractivity contribution in [1.29, 1.82) is 0 Å². The molecule has 1 N–H and O–H groups in total. The number of aliphatic hydroxyl groups excluding tert-OH is 1. The number of nitro groups is 1. The van der Waals surface area contributed by atoms with Gasteiger partial charge in [-0.25, -0.2) is 0 Å². The highest BCUT2D eigenvalue weighted by molar-refractivity contribution is 6.33. The van der Waals surface area contributed by atoms with E-state index < -0.39 is 11.5 Å². The van der Waals surface area contributed by atoms with Crippen molar-refractivity contribution in [3.05, 3.63) is 39.2 Å². The van der Waals surface area contributed by atoms with Crippen LogP contribution in [0.4, 0.5) is 5.69 Å². The predicted octanol–water partition coefficient (Wildman–Crippen LogP) is 1.79. The summed E-state index contributed by atoms with van der Waals surface area (Å²) in [6.45, 7) is -0.415. The largest absolute Gasteiger partial charge is 0.388 e. The fraction of sp³-hybridized carbons (Fsp3) is 0.111. The second-order valence-corrected chi connectivity index (χ2v) is 3.47. The van der Waals surface area contributed by atoms with E-state index in [1.54, 1.807) is 0 Å². The van der Waals surface area contributed by atoms with E-state index in [1.807, 2.05) is 0 Å². The number of aliphatic hydroxyl groups is 1. The molecule has 0 spiro atoms. The molecule has 1 aromatic heterocycles. The molecule has 1 aromatic carbocycles. The second kappa shape index (κ2) is 4.48. The van der Waals surface area contributed by atoms with E-state index in [0.29, 0.717) is 0 Å². The Balaban J connectivity index is 2.61. The maximum Gasteiger partial charge on any atom is 0.283 e. The number of hydrogen-bond acceptors (Lipinski definition) is 6. The SMILES string of the molecule is O=[N+]([O-])c1cccc(Cl)c1-c1nc(CO)no1. The third-order valence-corrected chi connectivity index (χ3v) is 2.33. The zero-order valence-corrected chi connectivity index (χ0v) is 9.09. The van der Waals surface area contributed by atoms with Crippen molar-refractivity contribution in [2.24, 2.45) is 0 Å². The van der Waals surface area contributed by atoms with Crippen LogP contribution in [0.2, 0.25) is 5.02 Å². The highest BCUT2D eigenvalue weighted by atomic mass is 35.5. The Hall–Kier alpha value is -1.99. The highest BCUT2D eigenvalue weighted by Crippen LogP contribution is 2.34. The molecule has 88 valence electrons. The lowest BCUT2D eigenvalue weighted by atomic mass is 10.2. The van der Waals surface area contributed by atoms with Gasteiger partial charge in [-0.3, -0.25) is 10.1 Å². The van der Waals surface area contributed by atoms with E-state index in [4.69, 9.17) is 21.2 Å². The van der Waals surface area contributed by atoms with E-state index in [2.05, 4.69) is 10.1 Å². The molecule has 0 amide bonds. The van der Waals surface area contributed by atoms with Gasteiger partial charge in [-0.2, -0.15) is 4.98 Å². The van der Waals surface area contributed by atoms with Gasteiger partial charge in [0, 0.05) is 6.07 Å². The van der Waals surface area contributed by atoms with Gasteiger partial charge in [0.25, 0.3) is 11.6 Å². The van der Waals surface area contributed by atoms with E-state index in [0.717, 1.165) is 0 Å². The first-order valence-corrected chi connectivity index (χ1v) is 4.88. The van der Waals surface area contributed by atoms with Gasteiger partial charge in [0.2, 0.25) is 0 Å². The van der Waals surface area contributed by atoms with Crippen LogP contribution in [0.25, 0.3) is 11.5 Å². The van der Waals surface area contributed by atoms with Crippen LogP contribution in [0.1, 0.15) is 5.82 Å². The van der Waals surface area contributed by atoms with Crippen LogP contribution in [0, 0.1) is 10.1 Å². The molecule has 0 saturated carbocycles. The number of benzene rings is 1. The Morgan fingerprint density at radius 1 is 1.53 bits per heavy atom. The zero-order chi connectivity index (χ0) is 12.4. The summed E-state index contributed by atoms with van der Waals surface area (Å²) in [5, 5.41) is 23.2. The molecule has 0 fully saturated rings. The van der Waals surface area contributed by atoms with Crippen LogP contribution in [0.5, 0.6) is 0 Å². The molecule has 0 aliphatic carbocycles. The number of aromatic nitrogens is 2. The summed E-state index contributed by atoms with van der Waals surface area (Å²) in [4.78, 5) is 14.0. The van der Waals surface area contributed by atoms with E-state index in [9.17, 15) is 10.1 Å². The molecule has 0 unspecified atom stereocenters. The molecular formula is C9H6ClN3O4. The first kappa shape index (κ1) is 11.5. The molecule has 0 saturated heterocycles. The molecule has 7 nitrogen and oxygen atoms in total. The Morgan fingerprint density at radius 3 is 2.88 bits per heavy atom. The predicted molar refractivity (Wildman–Crippen MR) is 57.3 cm³/mol. The fourth-order valence-corrected chi connectivity index (χ4v) is 1.55. The third kappa shape index (κ3) is 2.10. The molecule has 2 aromatic rings. The average Bonchev–Trinajstić information content (AvgIpc) is 2.76. The van der Waals surface area contributed by atoms with Gasteiger partial charge < -0.3 is 9.63 Å². The smallest absolute Gasteiger partial charge is 0.283 e. The summed E-state index contributed by atoms with van der Waals surface area (Å²) in [7, 11) is 0. The number of nitrogens with zero attached hydrogens (tertiary/aromatic N) is 3. The summed E-state index contributed by atoms with van der Waals surface area (Å²) < 4.78 is 4.80. The molecule has 1 heterocycles. The molecule has 2 rings (SSSR count). The maximum absolute atomic E-state index is 10.8. The van der Waals surface area contributed by atoms with Crippen molar-refractivity contribution in [1.82, 2.24) is 10.1 Å². The molecular weight excluding hydrogens is 250 g/mol. The molecule has 0 radical (unpaired) electrons. The van der Waals surface area contributed by atoms with Gasteiger partial charge in [-0.15, -0.1) is 0 Å². The summed E-state index contributed by atoms with van der Waals surface area (Å²) in [6, 6.07) is 4.21. The zero-order valence-electron chi connectivity index (χ0n) is 8.33. The van der Waals surface area contributed by atoms with Crippen LogP contribution in [0.3, 0.4) is 0 Å². The molecule has 0 aliphatic rings. The minimum atomic E-state index is -0.593. The Labute approximate surface area is 99.8 Å². The lowest BCUT2D eigenvalue weighted by molar-refractivity contribution is -0.384. The number of halogens is 1. The fourth-order valence-electron chi connectivity index (χ4n) is 1.30. The first-order valence-electron chi connectivity index (χ1n) is 4.50. The molecule has 0 aliphatic heterocycles. The minimum Gasteiger partial charge on any atom is -0.388 e. The first-order chi connectivity index (χ1) is 8.13. The van der Waals surface area contributed by atoms with Crippen molar-refractivity contribution in [2.75, 3.05) is 0 Å². The summed E-state index contributed by atoms with van der Waals surface area (Å²) >= 11 is 5.87. The monoisotopic (exact) mass is 255 g/mol. The minimum absolute atomic E-state index is 0.0363. The Kier molecular flexibility index (Phi) is 3.03. The van der Waals surface area contributed by atoms with Crippen molar-refractivity contribution in [3.63, 3.8) is 0 Å². The van der Waals surface area contributed by atoms with Gasteiger partial charge in [0.05, 0.1) is 9.95 Å². The van der Waals surface area contributed by atoms with Gasteiger partial charge >= 0.3 is 0 Å². The number of rotatable bonds is 3. The molecule has 8 heteroatoms. The van der Waals surface area contributed by atoms with Crippen LogP contribution in [-0.4, -0.2) is 20.2 Å². The van der Waals surface area contributed by atoms with Gasteiger partial charge in [-0.1, -0.05) is 22.8 Å². The lowest BCUT2D eigenvalue weighted by Crippen LogP contribution is -1.93. The Bertz CT molecular complexity index is 569. The molecule has 17 heavy (non-hydrogen) atoms. The van der Waals surface area contributed by atoms with E-state index in [1.165, 1.54) is 18.2 Å². The standard InChI is InChI=1S/C9H6ClN3O4/c10-5-2-1-3-6(13(15)16)8(5)9-11-7(4-14)12-17-9/h1-3,14H,4H2. The highest BCUT2D eigenvalue weighted by Gasteiger charge is 2.23. The topological polar surface area (TPSA) is 102 Å². The van der Waals surface area contributed by atoms with Gasteiger partial charge in [0.15, 0.2) is 5.82 Å². The number of nitro benzene ring substituents is 1. The van der Waals surface area contributed by atoms with Gasteiger partial charge in [-0.05, 0) is 6.07 Å². The molecule has 0 bridgehead atoms. The van der Waals surface area contributed by atoms with E-state index >= 15 is 0 Å². The maximum atomic E-state index is 10.8. The van der Waals surface area contributed by atoms with Crippen molar-refractivity contribution in [3.8, 4) is 11.5 Å². The third-order valence-electron chi connectivity index (χ3n) is 2.01. The van der Waals surface area contributed by atoms with Crippen LogP contribution >= 0.6 is 11.6 Å². The summed E-state index contributed by atoms with van der Waals surface area (Å²) in [6.07, 6.45) is 0. The van der Waals surface area contributed by atoms with Crippen molar-refractivity contribution < 1.29 is 14.6 Å². The van der Waals surface area contributed by atoms with E-state index in [-0.39, 0.29) is 28.0 Å². The molecule has 0 atom stereocenters. The second-order valence-electron chi connectivity index (χ2n) is 3.06. The van der Waals surface area contributed by atoms with Crippen LogP contribution in [-0.2, 0) is 6.61 Å². The van der Waals surface area contributed by atoms with Crippen LogP contribution < -0.4 is 0 Å². The van der Waals surface area contributed by atoms with Crippen molar-refractivity contribution in [2.45, 2.75) is 6.61 Å². The lowest BCUT2D eigenvalue weighted by Gasteiger charge is -1.99. The Morgan fingerprint density at radius 2 is 2.29 bits per heavy atom. The number of hydrogen-bond donors (Lipinski definition) is 1. The summed E-state index contributed by atoms with van der Waals surface area (Å²) in [5.41, 5.74) is -0.183. The normalized spacial score (nSPS) is 10.5. The quantitative estimate of drug-likeness (QED) is 0.662. The van der Waals surface area contributed by atoms with Crippen molar-refractivity contribution >= 4 is 17.3 Å².